The third-order valence-corrected chi connectivity index (χ3v) is 3.11. The lowest BCUT2D eigenvalue weighted by Gasteiger charge is -2.23. The third kappa shape index (κ3) is 2.95. The Balaban J connectivity index is 2.26. The Morgan fingerprint density at radius 3 is 2.33 bits per heavy atom. The number of halogens is 1. The zero-order chi connectivity index (χ0) is 8.97. The Labute approximate surface area is 80.9 Å². The number of rotatable bonds is 4. The number of alkyl halides is 1. The number of hydrogen-bond acceptors (Lipinski definition) is 1. The van der Waals surface area contributed by atoms with Crippen molar-refractivity contribution < 1.29 is 0 Å². The highest BCUT2D eigenvalue weighted by atomic mass is 35.5. The maximum atomic E-state index is 5.88. The van der Waals surface area contributed by atoms with Crippen LogP contribution in [0.4, 0.5) is 0 Å². The van der Waals surface area contributed by atoms with Crippen LogP contribution < -0.4 is 5.32 Å². The van der Waals surface area contributed by atoms with Gasteiger partial charge in [-0.25, -0.2) is 0 Å². The van der Waals surface area contributed by atoms with E-state index in [0.29, 0.717) is 12.0 Å². The molecule has 1 atom stereocenters. The summed E-state index contributed by atoms with van der Waals surface area (Å²) in [6.45, 7) is 4.46. The molecular weight excluding hydrogens is 170 g/mol. The second kappa shape index (κ2) is 5.08. The van der Waals surface area contributed by atoms with Crippen LogP contribution in [-0.2, 0) is 0 Å². The molecule has 0 spiro atoms. The van der Waals surface area contributed by atoms with Crippen LogP contribution in [0.1, 0.15) is 39.5 Å². The highest BCUT2D eigenvalue weighted by Crippen LogP contribution is 2.19. The molecule has 0 aromatic heterocycles. The fourth-order valence-electron chi connectivity index (χ4n) is 1.81. The molecule has 0 amide bonds. The fraction of sp³-hybridized carbons (Fsp3) is 1.00. The van der Waals surface area contributed by atoms with Gasteiger partial charge in [0.05, 0.1) is 0 Å². The maximum absolute atomic E-state index is 5.88. The van der Waals surface area contributed by atoms with Crippen LogP contribution >= 0.6 is 11.6 Å². The molecular formula is C10H20ClN. The maximum Gasteiger partial charge on any atom is 0.0379 e. The summed E-state index contributed by atoms with van der Waals surface area (Å²) >= 11 is 5.88. The van der Waals surface area contributed by atoms with Crippen molar-refractivity contribution in [1.82, 2.24) is 5.32 Å². The fourth-order valence-corrected chi connectivity index (χ4v) is 2.26. The van der Waals surface area contributed by atoms with Crippen molar-refractivity contribution in [3.63, 3.8) is 0 Å². The van der Waals surface area contributed by atoms with Crippen molar-refractivity contribution in [2.45, 2.75) is 51.6 Å². The molecule has 1 aliphatic carbocycles. The molecule has 1 rings (SSSR count). The first-order chi connectivity index (χ1) is 5.74. The van der Waals surface area contributed by atoms with Crippen molar-refractivity contribution in [1.29, 1.82) is 0 Å². The summed E-state index contributed by atoms with van der Waals surface area (Å²) in [4.78, 5) is 0. The predicted molar refractivity (Wildman–Crippen MR) is 54.7 cm³/mol. The molecule has 2 heteroatoms. The highest BCUT2D eigenvalue weighted by molar-refractivity contribution is 6.18. The average molecular weight is 190 g/mol. The van der Waals surface area contributed by atoms with Crippen molar-refractivity contribution >= 4 is 11.6 Å². The van der Waals surface area contributed by atoms with Gasteiger partial charge in [0.1, 0.15) is 0 Å². The van der Waals surface area contributed by atoms with Gasteiger partial charge in [0.2, 0.25) is 0 Å². The lowest BCUT2D eigenvalue weighted by atomic mass is 10.0. The first kappa shape index (κ1) is 10.3. The van der Waals surface area contributed by atoms with Crippen LogP contribution in [0.15, 0.2) is 0 Å². The first-order valence-electron chi connectivity index (χ1n) is 5.06. The monoisotopic (exact) mass is 189 g/mol. The van der Waals surface area contributed by atoms with Gasteiger partial charge in [-0.1, -0.05) is 26.7 Å². The summed E-state index contributed by atoms with van der Waals surface area (Å²) in [5, 5.41) is 3.63. The molecule has 1 saturated carbocycles. The Morgan fingerprint density at radius 1 is 1.33 bits per heavy atom. The molecule has 1 aliphatic rings. The molecule has 0 radical (unpaired) electrons. The summed E-state index contributed by atoms with van der Waals surface area (Å²) in [6.07, 6.45) is 5.48. The van der Waals surface area contributed by atoms with E-state index in [1.807, 2.05) is 0 Å². The van der Waals surface area contributed by atoms with Crippen LogP contribution in [0.2, 0.25) is 0 Å². The number of hydrogen-bond donors (Lipinski definition) is 1. The van der Waals surface area contributed by atoms with Crippen molar-refractivity contribution in [3.8, 4) is 0 Å². The lowest BCUT2D eigenvalue weighted by molar-refractivity contribution is 0.377. The molecule has 1 nitrogen and oxygen atoms in total. The highest BCUT2D eigenvalue weighted by Gasteiger charge is 2.20. The van der Waals surface area contributed by atoms with E-state index in [2.05, 4.69) is 19.2 Å². The van der Waals surface area contributed by atoms with E-state index >= 15 is 0 Å². The van der Waals surface area contributed by atoms with Crippen LogP contribution in [0, 0.1) is 5.92 Å². The molecule has 1 unspecified atom stereocenters. The van der Waals surface area contributed by atoms with E-state index in [9.17, 15) is 0 Å². The van der Waals surface area contributed by atoms with Crippen LogP contribution in [0.3, 0.4) is 0 Å². The molecule has 0 aromatic rings. The van der Waals surface area contributed by atoms with Gasteiger partial charge >= 0.3 is 0 Å². The second-order valence-electron chi connectivity index (χ2n) is 4.15. The van der Waals surface area contributed by atoms with Gasteiger partial charge in [-0.05, 0) is 18.8 Å². The summed E-state index contributed by atoms with van der Waals surface area (Å²) in [6, 6.07) is 1.26. The van der Waals surface area contributed by atoms with Crippen LogP contribution in [-0.4, -0.2) is 18.0 Å². The summed E-state index contributed by atoms with van der Waals surface area (Å²) in [5.41, 5.74) is 0. The summed E-state index contributed by atoms with van der Waals surface area (Å²) < 4.78 is 0. The van der Waals surface area contributed by atoms with Crippen molar-refractivity contribution in [3.05, 3.63) is 0 Å². The SMILES string of the molecule is CC(C)C(CCl)NC1CCCC1. The standard InChI is InChI=1S/C10H20ClN/c1-8(2)10(7-11)12-9-5-3-4-6-9/h8-10,12H,3-7H2,1-2H3. The van der Waals surface area contributed by atoms with Crippen molar-refractivity contribution in [2.75, 3.05) is 5.88 Å². The average Bonchev–Trinajstić information content (AvgIpc) is 2.51. The molecule has 1 fully saturated rings. The largest absolute Gasteiger partial charge is 0.310 e. The van der Waals surface area contributed by atoms with Gasteiger partial charge in [-0.15, -0.1) is 11.6 Å². The molecule has 1 N–H and O–H groups in total. The minimum atomic E-state index is 0.509. The smallest absolute Gasteiger partial charge is 0.0379 e. The van der Waals surface area contributed by atoms with E-state index < -0.39 is 0 Å². The molecule has 0 aromatic carbocycles. The topological polar surface area (TPSA) is 12.0 Å². The van der Waals surface area contributed by atoms with Crippen LogP contribution in [0.25, 0.3) is 0 Å². The molecule has 0 bridgehead atoms. The normalized spacial score (nSPS) is 22.0. The molecule has 12 heavy (non-hydrogen) atoms. The minimum Gasteiger partial charge on any atom is -0.310 e. The lowest BCUT2D eigenvalue weighted by Crippen LogP contribution is -2.41. The Morgan fingerprint density at radius 2 is 1.92 bits per heavy atom. The quantitative estimate of drug-likeness (QED) is 0.671. The van der Waals surface area contributed by atoms with Gasteiger partial charge < -0.3 is 5.32 Å². The first-order valence-corrected chi connectivity index (χ1v) is 5.59. The minimum absolute atomic E-state index is 0.509. The molecule has 0 saturated heterocycles. The summed E-state index contributed by atoms with van der Waals surface area (Å²) in [7, 11) is 0. The van der Waals surface area contributed by atoms with Gasteiger partial charge in [0.25, 0.3) is 0 Å². The zero-order valence-electron chi connectivity index (χ0n) is 8.15. The van der Waals surface area contributed by atoms with E-state index in [1.165, 1.54) is 25.7 Å². The van der Waals surface area contributed by atoms with E-state index in [0.717, 1.165) is 11.9 Å². The Hall–Kier alpha value is 0.250. The Bertz CT molecular complexity index is 119. The third-order valence-electron chi connectivity index (χ3n) is 2.78. The number of nitrogens with one attached hydrogen (secondary N) is 1. The van der Waals surface area contributed by atoms with E-state index in [4.69, 9.17) is 11.6 Å². The van der Waals surface area contributed by atoms with Gasteiger partial charge in [-0.3, -0.25) is 0 Å². The summed E-state index contributed by atoms with van der Waals surface area (Å²) in [5.74, 6) is 1.40. The Kier molecular flexibility index (Phi) is 4.38. The molecule has 0 aliphatic heterocycles. The van der Waals surface area contributed by atoms with Crippen molar-refractivity contribution in [2.24, 2.45) is 5.92 Å². The zero-order valence-corrected chi connectivity index (χ0v) is 8.90. The second-order valence-corrected chi connectivity index (χ2v) is 4.46. The van der Waals surface area contributed by atoms with E-state index in [-0.39, 0.29) is 0 Å². The molecule has 72 valence electrons. The van der Waals surface area contributed by atoms with E-state index in [1.54, 1.807) is 0 Å². The van der Waals surface area contributed by atoms with Gasteiger partial charge in [0.15, 0.2) is 0 Å². The van der Waals surface area contributed by atoms with Crippen LogP contribution in [0.5, 0.6) is 0 Å². The van der Waals surface area contributed by atoms with Gasteiger partial charge in [-0.2, -0.15) is 0 Å². The molecule has 0 heterocycles. The predicted octanol–water partition coefficient (Wildman–Crippen LogP) is 2.78. The van der Waals surface area contributed by atoms with Gasteiger partial charge in [0, 0.05) is 18.0 Å².